The molecule has 3 heterocycles. The molecule has 0 bridgehead atoms. The third-order valence-corrected chi connectivity index (χ3v) is 5.30. The van der Waals surface area contributed by atoms with Crippen LogP contribution >= 0.6 is 0 Å². The summed E-state index contributed by atoms with van der Waals surface area (Å²) < 4.78 is 19.9. The third-order valence-electron chi connectivity index (χ3n) is 5.30. The second-order valence-electron chi connectivity index (χ2n) is 7.29. The van der Waals surface area contributed by atoms with E-state index in [1.165, 1.54) is 16.6 Å². The van der Waals surface area contributed by atoms with Gasteiger partial charge >= 0.3 is 0 Å². The van der Waals surface area contributed by atoms with Gasteiger partial charge in [-0.05, 0) is 42.3 Å². The van der Waals surface area contributed by atoms with Crippen molar-refractivity contribution in [1.29, 1.82) is 0 Å². The molecule has 0 unspecified atom stereocenters. The Morgan fingerprint density at radius 2 is 1.91 bits per heavy atom. The molecule has 0 spiro atoms. The van der Waals surface area contributed by atoms with E-state index in [4.69, 9.17) is 16.1 Å². The van der Waals surface area contributed by atoms with Crippen molar-refractivity contribution < 1.29 is 8.91 Å². The zero-order valence-electron chi connectivity index (χ0n) is 17.0. The molecule has 9 heteroatoms. The van der Waals surface area contributed by atoms with Crippen molar-refractivity contribution in [1.82, 2.24) is 15.1 Å². The molecule has 0 aliphatic carbocycles. The number of fused-ring (bicyclic) bond motifs is 1. The lowest BCUT2D eigenvalue weighted by atomic mass is 10.1. The van der Waals surface area contributed by atoms with Gasteiger partial charge in [-0.25, -0.2) is 10.2 Å². The van der Waals surface area contributed by atoms with Crippen LogP contribution in [-0.4, -0.2) is 21.7 Å². The Balaban J connectivity index is 1.58. The van der Waals surface area contributed by atoms with Crippen LogP contribution < -0.4 is 21.9 Å². The second kappa shape index (κ2) is 8.12. The van der Waals surface area contributed by atoms with E-state index in [1.54, 1.807) is 42.7 Å². The van der Waals surface area contributed by atoms with Crippen LogP contribution in [-0.2, 0) is 6.42 Å². The van der Waals surface area contributed by atoms with E-state index in [1.807, 2.05) is 18.2 Å². The largest absolute Gasteiger partial charge is 0.392 e. The zero-order chi connectivity index (χ0) is 22.1. The molecular weight excluding hydrogens is 409 g/mol. The first-order valence-corrected chi connectivity index (χ1v) is 10.0. The number of hydrogen-bond donors (Lipinski definition) is 3. The van der Waals surface area contributed by atoms with Gasteiger partial charge in [-0.3, -0.25) is 9.99 Å². The fourth-order valence-corrected chi connectivity index (χ4v) is 3.68. The number of benzene rings is 2. The van der Waals surface area contributed by atoms with E-state index in [9.17, 15) is 4.39 Å². The maximum Gasteiger partial charge on any atom is 0.276 e. The summed E-state index contributed by atoms with van der Waals surface area (Å²) in [5.41, 5.74) is 10.7. The van der Waals surface area contributed by atoms with Gasteiger partial charge in [-0.2, -0.15) is 4.98 Å². The number of nitrogens with zero attached hydrogens (tertiary/aromatic N) is 4. The number of nitrogens with two attached hydrogens (primary N) is 2. The van der Waals surface area contributed by atoms with E-state index in [0.29, 0.717) is 17.1 Å². The van der Waals surface area contributed by atoms with Crippen molar-refractivity contribution in [2.75, 3.05) is 16.9 Å². The number of nitrogens with one attached hydrogen (secondary N) is 1. The molecule has 0 atom stereocenters. The molecule has 5 N–H and O–H groups in total. The van der Waals surface area contributed by atoms with Crippen LogP contribution in [0, 0.1) is 5.82 Å². The highest BCUT2D eigenvalue weighted by atomic mass is 19.1. The predicted molar refractivity (Wildman–Crippen MR) is 120 cm³/mol. The fraction of sp³-hybridized carbons (Fsp3) is 0.0870. The van der Waals surface area contributed by atoms with Crippen molar-refractivity contribution in [3.05, 3.63) is 89.8 Å². The zero-order valence-corrected chi connectivity index (χ0v) is 17.0. The second-order valence-corrected chi connectivity index (χ2v) is 7.29. The van der Waals surface area contributed by atoms with E-state index >= 15 is 0 Å². The molecule has 0 fully saturated rings. The number of aromatic nitrogens is 3. The first kappa shape index (κ1) is 19.7. The van der Waals surface area contributed by atoms with Crippen molar-refractivity contribution in [2.24, 2.45) is 11.6 Å². The molecule has 0 saturated heterocycles. The minimum Gasteiger partial charge on any atom is -0.392 e. The topological polar surface area (TPSA) is 119 Å². The molecule has 4 aromatic rings. The Hall–Kier alpha value is -4.24. The van der Waals surface area contributed by atoms with Gasteiger partial charge in [-0.1, -0.05) is 29.4 Å². The lowest BCUT2D eigenvalue weighted by Gasteiger charge is -2.23. The SMILES string of the molecule is N/C(=C(/c1ccncc1)N(N)c1ccccc1F)c1nc(-c2ccc3c(c2)NCC3)no1. The Bertz CT molecular complexity index is 1300. The highest BCUT2D eigenvalue weighted by Crippen LogP contribution is 2.31. The molecule has 2 aromatic heterocycles. The van der Waals surface area contributed by atoms with Gasteiger partial charge < -0.3 is 15.6 Å². The van der Waals surface area contributed by atoms with Gasteiger partial charge in [0.05, 0.1) is 11.4 Å². The Morgan fingerprint density at radius 1 is 1.09 bits per heavy atom. The molecule has 0 radical (unpaired) electrons. The van der Waals surface area contributed by atoms with E-state index in [2.05, 4.69) is 20.4 Å². The Kier molecular flexibility index (Phi) is 5.00. The monoisotopic (exact) mass is 429 g/mol. The number of rotatable bonds is 5. The molecular formula is C23H20FN7O. The molecule has 5 rings (SSSR count). The molecule has 160 valence electrons. The number of pyridine rings is 1. The maximum absolute atomic E-state index is 14.5. The molecule has 1 aliphatic heterocycles. The standard InChI is InChI=1S/C23H20FN7O/c24-17-3-1-2-4-19(17)31(26)21(15-7-10-27-11-8-15)20(25)23-29-22(30-32-23)16-6-5-14-9-12-28-18(14)13-16/h1-8,10-11,13,28H,9,12,25-26H2/b21-20-. The minimum atomic E-state index is -0.494. The van der Waals surface area contributed by atoms with Gasteiger partial charge in [0.25, 0.3) is 5.89 Å². The number of halogens is 1. The van der Waals surface area contributed by atoms with E-state index in [-0.39, 0.29) is 17.3 Å². The lowest BCUT2D eigenvalue weighted by Crippen LogP contribution is -2.32. The van der Waals surface area contributed by atoms with Crippen LogP contribution in [0.25, 0.3) is 22.8 Å². The highest BCUT2D eigenvalue weighted by molar-refractivity contribution is 5.93. The summed E-state index contributed by atoms with van der Waals surface area (Å²) in [6.07, 6.45) is 4.17. The summed E-state index contributed by atoms with van der Waals surface area (Å²) in [5.74, 6) is 6.30. The van der Waals surface area contributed by atoms with Crippen molar-refractivity contribution in [2.45, 2.75) is 6.42 Å². The van der Waals surface area contributed by atoms with Gasteiger partial charge in [0.1, 0.15) is 11.5 Å². The maximum atomic E-state index is 14.5. The number of anilines is 2. The van der Waals surface area contributed by atoms with Gasteiger partial charge in [0.2, 0.25) is 5.82 Å². The predicted octanol–water partition coefficient (Wildman–Crippen LogP) is 3.40. The summed E-state index contributed by atoms with van der Waals surface area (Å²) in [6, 6.07) is 15.5. The normalized spacial score (nSPS) is 13.3. The lowest BCUT2D eigenvalue weighted by molar-refractivity contribution is 0.408. The van der Waals surface area contributed by atoms with Crippen molar-refractivity contribution in [3.8, 4) is 11.4 Å². The van der Waals surface area contributed by atoms with Crippen LogP contribution in [0.2, 0.25) is 0 Å². The van der Waals surface area contributed by atoms with Crippen LogP contribution in [0.15, 0.2) is 71.5 Å². The Labute approximate surface area is 183 Å². The number of para-hydroxylation sites is 1. The molecule has 32 heavy (non-hydrogen) atoms. The molecule has 1 aliphatic rings. The van der Waals surface area contributed by atoms with Crippen LogP contribution in [0.5, 0.6) is 0 Å². The summed E-state index contributed by atoms with van der Waals surface area (Å²) >= 11 is 0. The molecule has 8 nitrogen and oxygen atoms in total. The van der Waals surface area contributed by atoms with Crippen molar-refractivity contribution >= 4 is 22.8 Å². The summed E-state index contributed by atoms with van der Waals surface area (Å²) in [4.78, 5) is 8.50. The van der Waals surface area contributed by atoms with Gasteiger partial charge in [-0.15, -0.1) is 0 Å². The first-order valence-electron chi connectivity index (χ1n) is 10.0. The van der Waals surface area contributed by atoms with Crippen molar-refractivity contribution in [3.63, 3.8) is 0 Å². The average molecular weight is 429 g/mol. The van der Waals surface area contributed by atoms with Gasteiger partial charge in [0.15, 0.2) is 0 Å². The average Bonchev–Trinajstić information content (AvgIpc) is 3.49. The molecule has 0 saturated carbocycles. The first-order chi connectivity index (χ1) is 15.6. The summed E-state index contributed by atoms with van der Waals surface area (Å²) in [6.45, 7) is 0.906. The molecule has 2 aromatic carbocycles. The number of hydrogen-bond acceptors (Lipinski definition) is 8. The summed E-state index contributed by atoms with van der Waals surface area (Å²) in [5, 5.41) is 8.59. The number of hydrazine groups is 1. The van der Waals surface area contributed by atoms with E-state index in [0.717, 1.165) is 24.2 Å². The quantitative estimate of drug-likeness (QED) is 0.326. The Morgan fingerprint density at radius 3 is 2.72 bits per heavy atom. The minimum absolute atomic E-state index is 0.0760. The van der Waals surface area contributed by atoms with E-state index < -0.39 is 5.82 Å². The summed E-state index contributed by atoms with van der Waals surface area (Å²) in [7, 11) is 0. The van der Waals surface area contributed by atoms with Crippen LogP contribution in [0.3, 0.4) is 0 Å². The van der Waals surface area contributed by atoms with Crippen LogP contribution in [0.4, 0.5) is 15.8 Å². The smallest absolute Gasteiger partial charge is 0.276 e. The molecule has 0 amide bonds. The van der Waals surface area contributed by atoms with Gasteiger partial charge in [0, 0.05) is 35.8 Å². The third kappa shape index (κ3) is 3.54. The van der Waals surface area contributed by atoms with Crippen LogP contribution in [0.1, 0.15) is 17.0 Å². The fourth-order valence-electron chi connectivity index (χ4n) is 3.68. The highest BCUT2D eigenvalue weighted by Gasteiger charge is 2.22.